The van der Waals surface area contributed by atoms with E-state index in [9.17, 15) is 9.59 Å². The van der Waals surface area contributed by atoms with Gasteiger partial charge in [0, 0.05) is 12.1 Å². The molecule has 0 aromatic heterocycles. The molecule has 1 N–H and O–H groups in total. The number of Topliss-reactive ketones (excluding diaryl/α,β-unsaturated/α-hetero) is 1. The Balaban J connectivity index is 1.46. The zero-order chi connectivity index (χ0) is 18.5. The van der Waals surface area contributed by atoms with E-state index < -0.39 is 6.10 Å². The molecular formula is C20H21NO5. The summed E-state index contributed by atoms with van der Waals surface area (Å²) >= 11 is 0. The van der Waals surface area contributed by atoms with Gasteiger partial charge < -0.3 is 19.5 Å². The van der Waals surface area contributed by atoms with Gasteiger partial charge in [-0.15, -0.1) is 0 Å². The van der Waals surface area contributed by atoms with E-state index in [1.54, 1.807) is 31.2 Å². The van der Waals surface area contributed by atoms with Crippen LogP contribution in [0.5, 0.6) is 17.2 Å². The predicted molar refractivity (Wildman–Crippen MR) is 95.8 cm³/mol. The van der Waals surface area contributed by atoms with Crippen LogP contribution in [-0.4, -0.2) is 31.1 Å². The number of rotatable bonds is 7. The Hall–Kier alpha value is -3.02. The molecule has 3 rings (SSSR count). The van der Waals surface area contributed by atoms with Crippen LogP contribution in [0.4, 0.5) is 0 Å². The third-order valence-corrected chi connectivity index (χ3v) is 4.09. The van der Waals surface area contributed by atoms with Gasteiger partial charge >= 0.3 is 0 Å². The van der Waals surface area contributed by atoms with Crippen molar-refractivity contribution in [3.8, 4) is 17.2 Å². The summed E-state index contributed by atoms with van der Waals surface area (Å²) in [5.74, 6) is 1.83. The Labute approximate surface area is 152 Å². The maximum absolute atomic E-state index is 12.2. The normalized spacial score (nSPS) is 13.2. The molecule has 0 saturated carbocycles. The minimum Gasteiger partial charge on any atom is -0.481 e. The number of fused-ring (bicyclic) bond motifs is 1. The van der Waals surface area contributed by atoms with Crippen LogP contribution in [0.2, 0.25) is 0 Å². The van der Waals surface area contributed by atoms with Crippen molar-refractivity contribution in [2.24, 2.45) is 0 Å². The monoisotopic (exact) mass is 355 g/mol. The molecule has 0 spiro atoms. The van der Waals surface area contributed by atoms with Crippen molar-refractivity contribution in [2.75, 3.05) is 13.3 Å². The second-order valence-electron chi connectivity index (χ2n) is 6.07. The van der Waals surface area contributed by atoms with Crippen molar-refractivity contribution in [2.45, 2.75) is 26.4 Å². The zero-order valence-electron chi connectivity index (χ0n) is 14.8. The van der Waals surface area contributed by atoms with Crippen molar-refractivity contribution >= 4 is 11.7 Å². The zero-order valence-corrected chi connectivity index (χ0v) is 14.8. The minimum absolute atomic E-state index is 0.00846. The second kappa shape index (κ2) is 7.91. The highest BCUT2D eigenvalue weighted by Crippen LogP contribution is 2.32. The van der Waals surface area contributed by atoms with E-state index in [2.05, 4.69) is 5.32 Å². The van der Waals surface area contributed by atoms with Crippen LogP contribution >= 0.6 is 0 Å². The fraction of sp³-hybridized carbons (Fsp3) is 0.300. The number of ketones is 1. The molecule has 1 heterocycles. The molecule has 136 valence electrons. The molecule has 0 fully saturated rings. The Morgan fingerprint density at radius 1 is 1.12 bits per heavy atom. The van der Waals surface area contributed by atoms with Crippen LogP contribution in [0.1, 0.15) is 29.8 Å². The molecule has 0 radical (unpaired) electrons. The molecule has 0 aliphatic carbocycles. The van der Waals surface area contributed by atoms with Crippen LogP contribution in [0.15, 0.2) is 42.5 Å². The average Bonchev–Trinajstić information content (AvgIpc) is 3.09. The molecule has 2 aromatic carbocycles. The van der Waals surface area contributed by atoms with Crippen LogP contribution in [0.25, 0.3) is 0 Å². The third-order valence-electron chi connectivity index (χ3n) is 4.09. The van der Waals surface area contributed by atoms with Crippen molar-refractivity contribution in [3.63, 3.8) is 0 Å². The number of ether oxygens (including phenoxy) is 3. The van der Waals surface area contributed by atoms with Crippen molar-refractivity contribution in [3.05, 3.63) is 53.6 Å². The first kappa shape index (κ1) is 17.8. The molecule has 6 heteroatoms. The lowest BCUT2D eigenvalue weighted by Crippen LogP contribution is -2.37. The van der Waals surface area contributed by atoms with E-state index in [1.165, 1.54) is 6.92 Å². The van der Waals surface area contributed by atoms with Gasteiger partial charge in [-0.1, -0.05) is 6.07 Å². The van der Waals surface area contributed by atoms with Gasteiger partial charge in [0.15, 0.2) is 23.4 Å². The first-order valence-electron chi connectivity index (χ1n) is 8.47. The molecule has 6 nitrogen and oxygen atoms in total. The van der Waals surface area contributed by atoms with Gasteiger partial charge in [0.2, 0.25) is 6.79 Å². The average molecular weight is 355 g/mol. The van der Waals surface area contributed by atoms with Crippen LogP contribution < -0.4 is 19.5 Å². The Kier molecular flexibility index (Phi) is 5.41. The second-order valence-corrected chi connectivity index (χ2v) is 6.07. The lowest BCUT2D eigenvalue weighted by atomic mass is 10.1. The molecule has 1 aliphatic heterocycles. The molecule has 0 unspecified atom stereocenters. The first-order valence-corrected chi connectivity index (χ1v) is 8.47. The fourth-order valence-corrected chi connectivity index (χ4v) is 2.60. The molecule has 1 atom stereocenters. The number of hydrogen-bond acceptors (Lipinski definition) is 5. The molecule has 0 saturated heterocycles. The molecule has 1 aliphatic rings. The minimum atomic E-state index is -0.630. The van der Waals surface area contributed by atoms with E-state index in [1.807, 2.05) is 18.2 Å². The summed E-state index contributed by atoms with van der Waals surface area (Å²) in [6.45, 7) is 3.94. The highest BCUT2D eigenvalue weighted by Gasteiger charge is 2.15. The molecular weight excluding hydrogens is 334 g/mol. The van der Waals surface area contributed by atoms with E-state index in [0.29, 0.717) is 24.3 Å². The maximum atomic E-state index is 12.2. The van der Waals surface area contributed by atoms with E-state index in [0.717, 1.165) is 17.1 Å². The summed E-state index contributed by atoms with van der Waals surface area (Å²) in [7, 11) is 0. The molecule has 1 amide bonds. The van der Waals surface area contributed by atoms with Crippen molar-refractivity contribution in [1.82, 2.24) is 5.32 Å². The largest absolute Gasteiger partial charge is 0.481 e. The summed E-state index contributed by atoms with van der Waals surface area (Å²) in [5, 5.41) is 2.86. The highest BCUT2D eigenvalue weighted by molar-refractivity contribution is 5.94. The topological polar surface area (TPSA) is 73.9 Å². The van der Waals surface area contributed by atoms with Gasteiger partial charge in [-0.25, -0.2) is 0 Å². The Morgan fingerprint density at radius 2 is 1.85 bits per heavy atom. The van der Waals surface area contributed by atoms with Crippen LogP contribution in [0.3, 0.4) is 0 Å². The van der Waals surface area contributed by atoms with Gasteiger partial charge in [-0.05, 0) is 62.2 Å². The summed E-state index contributed by atoms with van der Waals surface area (Å²) < 4.78 is 16.2. The van der Waals surface area contributed by atoms with Crippen molar-refractivity contribution < 1.29 is 23.8 Å². The van der Waals surface area contributed by atoms with Crippen LogP contribution in [-0.2, 0) is 11.2 Å². The van der Waals surface area contributed by atoms with E-state index in [-0.39, 0.29) is 18.5 Å². The highest BCUT2D eigenvalue weighted by atomic mass is 16.7. The smallest absolute Gasteiger partial charge is 0.260 e. The SMILES string of the molecule is CC(=O)c1ccc(O[C@@H](C)C(=O)NCCc2ccc3c(c2)OCO3)cc1. The third kappa shape index (κ3) is 4.33. The van der Waals surface area contributed by atoms with Gasteiger partial charge in [-0.3, -0.25) is 9.59 Å². The lowest BCUT2D eigenvalue weighted by Gasteiger charge is -2.15. The number of carbonyl (C=O) groups is 2. The number of amides is 1. The van der Waals surface area contributed by atoms with E-state index >= 15 is 0 Å². The van der Waals surface area contributed by atoms with Gasteiger partial charge in [0.1, 0.15) is 5.75 Å². The molecule has 0 bridgehead atoms. The number of hydrogen-bond donors (Lipinski definition) is 1. The van der Waals surface area contributed by atoms with E-state index in [4.69, 9.17) is 14.2 Å². The standard InChI is InChI=1S/C20H21NO5/c1-13(22)16-4-6-17(7-5-16)26-14(2)20(23)21-10-9-15-3-8-18-19(11-15)25-12-24-18/h3-8,11,14H,9-10,12H2,1-2H3,(H,21,23)/t14-/m0/s1. The number of benzene rings is 2. The van der Waals surface area contributed by atoms with Crippen LogP contribution in [0, 0.1) is 0 Å². The number of nitrogens with one attached hydrogen (secondary N) is 1. The molecule has 26 heavy (non-hydrogen) atoms. The summed E-state index contributed by atoms with van der Waals surface area (Å²) in [6.07, 6.45) is 0.0533. The fourth-order valence-electron chi connectivity index (χ4n) is 2.60. The first-order chi connectivity index (χ1) is 12.5. The summed E-state index contributed by atoms with van der Waals surface area (Å²) in [6, 6.07) is 12.5. The van der Waals surface area contributed by atoms with Gasteiger partial charge in [-0.2, -0.15) is 0 Å². The lowest BCUT2D eigenvalue weighted by molar-refractivity contribution is -0.127. The van der Waals surface area contributed by atoms with Gasteiger partial charge in [0.25, 0.3) is 5.91 Å². The number of carbonyl (C=O) groups excluding carboxylic acids is 2. The Bertz CT molecular complexity index is 800. The Morgan fingerprint density at radius 3 is 2.58 bits per heavy atom. The predicted octanol–water partition coefficient (Wildman–Crippen LogP) is 2.74. The maximum Gasteiger partial charge on any atom is 0.260 e. The quantitative estimate of drug-likeness (QED) is 0.773. The van der Waals surface area contributed by atoms with Gasteiger partial charge in [0.05, 0.1) is 0 Å². The molecule has 2 aromatic rings. The van der Waals surface area contributed by atoms with Crippen molar-refractivity contribution in [1.29, 1.82) is 0 Å². The summed E-state index contributed by atoms with van der Waals surface area (Å²) in [5.41, 5.74) is 1.67. The summed E-state index contributed by atoms with van der Waals surface area (Å²) in [4.78, 5) is 23.4.